The second-order valence-electron chi connectivity index (χ2n) is 18.8. The van der Waals surface area contributed by atoms with Gasteiger partial charge in [-0.2, -0.15) is 0 Å². The Kier molecular flexibility index (Phi) is 16.2. The largest absolute Gasteiger partial charge is 0.479 e. The first-order chi connectivity index (χ1) is 33.6. The van der Waals surface area contributed by atoms with Crippen molar-refractivity contribution in [3.63, 3.8) is 0 Å². The van der Waals surface area contributed by atoms with Crippen molar-refractivity contribution in [1.29, 1.82) is 0 Å². The van der Waals surface area contributed by atoms with Gasteiger partial charge in [0.25, 0.3) is 5.69 Å². The van der Waals surface area contributed by atoms with E-state index >= 15 is 0 Å². The number of nitro benzene ring substituents is 1. The summed E-state index contributed by atoms with van der Waals surface area (Å²) in [6.07, 6.45) is -11.4. The lowest BCUT2D eigenvalue weighted by Crippen LogP contribution is -2.64. The Morgan fingerprint density at radius 3 is 2.37 bits per heavy atom. The van der Waals surface area contributed by atoms with Gasteiger partial charge in [0.05, 0.1) is 47.1 Å². The number of amides is 1. The molecule has 4 aromatic rings. The highest BCUT2D eigenvalue weighted by Crippen LogP contribution is 2.40. The van der Waals surface area contributed by atoms with Gasteiger partial charge in [-0.15, -0.1) is 5.10 Å². The second-order valence-corrected chi connectivity index (χ2v) is 18.8. The van der Waals surface area contributed by atoms with Crippen LogP contribution in [0.3, 0.4) is 0 Å². The summed E-state index contributed by atoms with van der Waals surface area (Å²) in [5, 5.41) is 87.9. The molecule has 2 aliphatic heterocycles. The van der Waals surface area contributed by atoms with Crippen LogP contribution in [0.1, 0.15) is 75.6 Å². The fourth-order valence-corrected chi connectivity index (χ4v) is 10.0. The van der Waals surface area contributed by atoms with Crippen LogP contribution in [0.4, 0.5) is 11.5 Å². The van der Waals surface area contributed by atoms with Gasteiger partial charge in [0.1, 0.15) is 43.3 Å². The van der Waals surface area contributed by atoms with Crippen LogP contribution >= 0.6 is 0 Å². The third-order valence-electron chi connectivity index (χ3n) is 13.9. The zero-order chi connectivity index (χ0) is 49.8. The molecule has 23 heteroatoms. The number of nitrogens with one attached hydrogen (secondary N) is 1. The number of carbonyl (C=O) groups excluding carboxylic acids is 2. The lowest BCUT2D eigenvalue weighted by Gasteiger charge is -2.48. The summed E-state index contributed by atoms with van der Waals surface area (Å²) in [7, 11) is 0. The van der Waals surface area contributed by atoms with E-state index in [0.717, 1.165) is 32.1 Å². The average Bonchev–Trinajstić information content (AvgIpc) is 3.98. The predicted octanol–water partition coefficient (Wildman–Crippen LogP) is 2.34. The highest BCUT2D eigenvalue weighted by atomic mass is 16.7. The lowest BCUT2D eigenvalue weighted by molar-refractivity contribution is -0.384. The number of aromatic nitrogens is 4. The fraction of sp³-hybridized carbons (Fsp3) is 0.596. The van der Waals surface area contributed by atoms with E-state index in [1.54, 1.807) is 48.0 Å². The first kappa shape index (κ1) is 50.9. The molecule has 0 spiro atoms. The van der Waals surface area contributed by atoms with Crippen molar-refractivity contribution in [1.82, 2.24) is 19.6 Å². The Balaban J connectivity index is 1.07. The number of hydrogen-bond donors (Lipinski definition) is 7. The minimum atomic E-state index is -1.73. The van der Waals surface area contributed by atoms with Crippen molar-refractivity contribution < 1.29 is 78.4 Å². The normalized spacial score (nSPS) is 32.3. The molecule has 4 fully saturated rings. The molecule has 7 N–H and O–H groups in total. The van der Waals surface area contributed by atoms with Gasteiger partial charge in [0, 0.05) is 29.6 Å². The van der Waals surface area contributed by atoms with Gasteiger partial charge < -0.3 is 68.9 Å². The maximum Gasteiger partial charge on any atom is 0.338 e. The van der Waals surface area contributed by atoms with Gasteiger partial charge in [0.2, 0.25) is 5.91 Å². The topological polar surface area (TPSA) is 319 Å². The molecule has 23 nitrogen and oxygen atoms in total. The van der Waals surface area contributed by atoms with E-state index in [4.69, 9.17) is 28.4 Å². The number of nitrogens with zero attached hydrogens (tertiary/aromatic N) is 5. The Labute approximate surface area is 401 Å². The van der Waals surface area contributed by atoms with Gasteiger partial charge in [-0.1, -0.05) is 62.4 Å². The predicted molar refractivity (Wildman–Crippen MR) is 242 cm³/mol. The molecule has 0 bridgehead atoms. The minimum absolute atomic E-state index is 0.0136. The van der Waals surface area contributed by atoms with E-state index in [1.165, 1.54) is 42.1 Å². The number of carbonyl (C=O) groups is 3. The summed E-state index contributed by atoms with van der Waals surface area (Å²) in [4.78, 5) is 51.7. The number of aliphatic hydroxyl groups excluding tert-OH is 5. The van der Waals surface area contributed by atoms with Crippen LogP contribution in [0, 0.1) is 27.9 Å². The van der Waals surface area contributed by atoms with Gasteiger partial charge in [-0.05, 0) is 62.3 Å². The zero-order valence-electron chi connectivity index (χ0n) is 38.6. The highest BCUT2D eigenvalue weighted by molar-refractivity contribution is 5.91. The van der Waals surface area contributed by atoms with E-state index in [0.29, 0.717) is 10.9 Å². The van der Waals surface area contributed by atoms with E-state index in [-0.39, 0.29) is 48.9 Å². The maximum absolute atomic E-state index is 14.2. The minimum Gasteiger partial charge on any atom is -0.479 e. The summed E-state index contributed by atoms with van der Waals surface area (Å²) in [6, 6.07) is 14.1. The van der Waals surface area contributed by atoms with Crippen LogP contribution in [-0.2, 0) is 44.7 Å². The SMILES string of the molecule is C[C@@H]1O[C@@H](O[C@@H]2[C@@H](C)C[C@@H](C(=O)Nc3cn(Cn4ccc5cc([N+](=O)[O-])ccc54)nn3)C[C@H]2O[C@@H]2O[C@H](CO)[C@H](O)[C@H](O[C@@H](CC3CCCCC3)C(=O)O)[C@H]2OC(=O)c2ccccc2)[C@@H](O)[C@H](O)[C@@H]1O. The Bertz CT molecular complexity index is 2430. The van der Waals surface area contributed by atoms with Gasteiger partial charge in [-0.25, -0.2) is 14.3 Å². The first-order valence-electron chi connectivity index (χ1n) is 23.6. The maximum atomic E-state index is 14.2. The number of esters is 1. The van der Waals surface area contributed by atoms with Crippen molar-refractivity contribution in [2.75, 3.05) is 11.9 Å². The average molecular weight is 981 g/mol. The third kappa shape index (κ3) is 11.5. The zero-order valence-corrected chi connectivity index (χ0v) is 38.6. The molecule has 2 saturated carbocycles. The van der Waals surface area contributed by atoms with Crippen LogP contribution in [0.2, 0.25) is 0 Å². The summed E-state index contributed by atoms with van der Waals surface area (Å²) in [5.41, 5.74) is 0.752. The molecule has 2 aromatic heterocycles. The number of carboxylic acids is 1. The summed E-state index contributed by atoms with van der Waals surface area (Å²) >= 11 is 0. The standard InChI is InChI=1S/C47H60N6O17/c1-24-17-29(43(59)48-35-21-52(50-49-35)23-51-16-15-28-19-30(53(63)64)13-14-31(28)51)20-32(40(24)70-46-39(58)38(57)36(55)25(2)65-46)67-47-42(69-45(62)27-11-7-4-8-12-27)41(37(56)34(22-54)68-47)66-33(44(60)61)18-26-9-5-3-6-10-26/h4,7-8,11-16,19,21,24-26,29,32-34,36-42,46-47,54-58H,3,5-6,9-10,17-18,20,22-23H2,1-2H3,(H,48,59)(H,60,61)/t24-,25-,29+,32+,33-,34+,36+,37-,38+,39-,40+,41-,42+,46-,47+/m0/s1. The number of non-ortho nitro benzene ring substituents is 1. The summed E-state index contributed by atoms with van der Waals surface area (Å²) in [5.74, 6) is -4.02. The Morgan fingerprint density at radius 1 is 0.900 bits per heavy atom. The molecule has 380 valence electrons. The smallest absolute Gasteiger partial charge is 0.338 e. The van der Waals surface area contributed by atoms with Gasteiger partial charge in [0.15, 0.2) is 30.6 Å². The number of anilines is 1. The molecule has 15 atom stereocenters. The molecule has 8 rings (SSSR count). The molecular formula is C47H60N6O17. The van der Waals surface area contributed by atoms with Crippen LogP contribution in [0.15, 0.2) is 67.0 Å². The molecular weight excluding hydrogens is 921 g/mol. The molecule has 2 aromatic carbocycles. The number of benzene rings is 2. The molecule has 4 aliphatic rings. The molecule has 0 radical (unpaired) electrons. The third-order valence-corrected chi connectivity index (χ3v) is 13.9. The van der Waals surface area contributed by atoms with Gasteiger partial charge in [-0.3, -0.25) is 14.9 Å². The number of aliphatic carboxylic acids is 1. The number of nitro groups is 1. The number of rotatable bonds is 17. The van der Waals surface area contributed by atoms with Crippen LogP contribution in [0.25, 0.3) is 10.9 Å². The molecule has 1 amide bonds. The van der Waals surface area contributed by atoms with Crippen molar-refractivity contribution in [3.8, 4) is 0 Å². The van der Waals surface area contributed by atoms with Crippen molar-refractivity contribution in [2.45, 2.75) is 152 Å². The number of hydrogen-bond acceptors (Lipinski definition) is 18. The summed E-state index contributed by atoms with van der Waals surface area (Å²) < 4.78 is 40.6. The summed E-state index contributed by atoms with van der Waals surface area (Å²) in [6.45, 7) is 2.59. The van der Waals surface area contributed by atoms with E-state index in [9.17, 15) is 55.1 Å². The number of ether oxygens (including phenoxy) is 6. The van der Waals surface area contributed by atoms with Crippen molar-refractivity contribution in [3.05, 3.63) is 82.7 Å². The first-order valence-corrected chi connectivity index (χ1v) is 23.6. The van der Waals surface area contributed by atoms with Crippen LogP contribution in [-0.4, -0.2) is 159 Å². The van der Waals surface area contributed by atoms with Crippen LogP contribution < -0.4 is 5.32 Å². The number of carboxylic acid groups (broad SMARTS) is 1. The van der Waals surface area contributed by atoms with Crippen molar-refractivity contribution in [2.24, 2.45) is 17.8 Å². The van der Waals surface area contributed by atoms with Crippen LogP contribution in [0.5, 0.6) is 0 Å². The van der Waals surface area contributed by atoms with E-state index < -0.39 is 121 Å². The number of aliphatic hydroxyl groups is 5. The molecule has 2 saturated heterocycles. The second kappa shape index (κ2) is 22.3. The molecule has 2 aliphatic carbocycles. The van der Waals surface area contributed by atoms with Crippen molar-refractivity contribution >= 4 is 40.3 Å². The Hall–Kier alpha value is -5.47. The highest BCUT2D eigenvalue weighted by Gasteiger charge is 2.54. The fourth-order valence-electron chi connectivity index (χ4n) is 10.0. The molecule has 0 unspecified atom stereocenters. The Morgan fingerprint density at radius 2 is 1.66 bits per heavy atom. The lowest BCUT2D eigenvalue weighted by atomic mass is 9.77. The number of fused-ring (bicyclic) bond motifs is 1. The van der Waals surface area contributed by atoms with Gasteiger partial charge >= 0.3 is 11.9 Å². The van der Waals surface area contributed by atoms with E-state index in [2.05, 4.69) is 15.6 Å². The monoisotopic (exact) mass is 980 g/mol. The van der Waals surface area contributed by atoms with E-state index in [1.807, 2.05) is 0 Å². The molecule has 70 heavy (non-hydrogen) atoms. The quantitative estimate of drug-likeness (QED) is 0.0454. The molecule has 4 heterocycles.